The minimum Gasteiger partial charge on any atom is -0.364 e. The van der Waals surface area contributed by atoms with Crippen molar-refractivity contribution in [3.8, 4) is 6.07 Å². The summed E-state index contributed by atoms with van der Waals surface area (Å²) in [7, 11) is 0. The van der Waals surface area contributed by atoms with Crippen molar-refractivity contribution in [2.75, 3.05) is 42.9 Å². The number of nitrogens with zero attached hydrogens (tertiary/aromatic N) is 4. The van der Waals surface area contributed by atoms with Gasteiger partial charge in [-0.15, -0.1) is 0 Å². The highest BCUT2D eigenvalue weighted by Crippen LogP contribution is 2.26. The van der Waals surface area contributed by atoms with E-state index >= 15 is 0 Å². The van der Waals surface area contributed by atoms with E-state index in [1.54, 1.807) is 11.0 Å². The molecule has 0 atom stereocenters. The first-order chi connectivity index (χ1) is 13.5. The predicted molar refractivity (Wildman–Crippen MR) is 103 cm³/mol. The second kappa shape index (κ2) is 8.95. The number of aromatic nitrogens is 1. The zero-order chi connectivity index (χ0) is 20.1. The predicted octanol–water partition coefficient (Wildman–Crippen LogP) is 2.76. The van der Waals surface area contributed by atoms with E-state index in [9.17, 15) is 13.6 Å². The summed E-state index contributed by atoms with van der Waals surface area (Å²) in [4.78, 5) is 16.4. The highest BCUT2D eigenvalue weighted by Gasteiger charge is 2.23. The summed E-state index contributed by atoms with van der Waals surface area (Å²) in [5, 5.41) is 14.1. The summed E-state index contributed by atoms with van der Waals surface area (Å²) in [6.45, 7) is 5.24. The van der Waals surface area contributed by atoms with Gasteiger partial charge in [0.25, 0.3) is 0 Å². The molecular formula is C18H20F2N6OS. The molecule has 0 radical (unpaired) electrons. The number of amides is 2. The summed E-state index contributed by atoms with van der Waals surface area (Å²) in [5.74, 6) is -0.923. The summed E-state index contributed by atoms with van der Waals surface area (Å²) < 4.78 is 32.6. The quantitative estimate of drug-likeness (QED) is 0.798. The third-order valence-corrected chi connectivity index (χ3v) is 5.12. The van der Waals surface area contributed by atoms with E-state index in [4.69, 9.17) is 5.26 Å². The summed E-state index contributed by atoms with van der Waals surface area (Å²) in [6, 6.07) is 5.41. The van der Waals surface area contributed by atoms with E-state index in [2.05, 4.69) is 19.9 Å². The number of anilines is 2. The number of carbonyl (C=O) groups is 1. The molecular weight excluding hydrogens is 386 g/mol. The molecule has 1 fully saturated rings. The number of urea groups is 1. The van der Waals surface area contributed by atoms with Crippen LogP contribution in [0.1, 0.15) is 17.4 Å². The van der Waals surface area contributed by atoms with Crippen LogP contribution in [0.4, 0.5) is 25.1 Å². The van der Waals surface area contributed by atoms with Gasteiger partial charge >= 0.3 is 6.03 Å². The molecule has 0 spiro atoms. The summed E-state index contributed by atoms with van der Waals surface area (Å²) in [6.07, 6.45) is 0. The van der Waals surface area contributed by atoms with Crippen molar-refractivity contribution >= 4 is 29.1 Å². The van der Waals surface area contributed by atoms with Gasteiger partial charge in [0.05, 0.1) is 11.6 Å². The van der Waals surface area contributed by atoms with Gasteiger partial charge in [0.1, 0.15) is 11.5 Å². The number of halogens is 2. The molecule has 7 nitrogen and oxygen atoms in total. The van der Waals surface area contributed by atoms with Gasteiger partial charge in [0, 0.05) is 44.1 Å². The summed E-state index contributed by atoms with van der Waals surface area (Å²) in [5.41, 5.74) is -0.107. The zero-order valence-electron chi connectivity index (χ0n) is 15.3. The number of carbonyl (C=O) groups excluding carboxylic acids is 1. The van der Waals surface area contributed by atoms with Crippen molar-refractivity contribution in [1.29, 1.82) is 5.26 Å². The second-order valence-corrected chi connectivity index (χ2v) is 7.22. The molecule has 2 heterocycles. The Morgan fingerprint density at radius 1 is 1.25 bits per heavy atom. The number of nitrogens with one attached hydrogen (secondary N) is 2. The highest BCUT2D eigenvalue weighted by molar-refractivity contribution is 7.06. The first-order valence-corrected chi connectivity index (χ1v) is 9.64. The maximum absolute atomic E-state index is 14.2. The van der Waals surface area contributed by atoms with E-state index in [1.165, 1.54) is 11.5 Å². The standard InChI is InChI=1S/C18H20F2N6OS/c1-2-22-18(27)23-16-9-13(28-24-16)11-25-3-5-26(6-4-25)17-14(19)7-12(10-21)8-15(17)20/h7-9H,2-6,11H2,1H3,(H2,22,23,24,27). The minimum absolute atomic E-state index is 0.0281. The van der Waals surface area contributed by atoms with Crippen LogP contribution in [0.25, 0.3) is 0 Å². The third-order valence-electron chi connectivity index (χ3n) is 4.35. The molecule has 148 valence electrons. The topological polar surface area (TPSA) is 84.3 Å². The van der Waals surface area contributed by atoms with Crippen LogP contribution in [0.15, 0.2) is 18.2 Å². The maximum Gasteiger partial charge on any atom is 0.320 e. The molecule has 2 N–H and O–H groups in total. The summed E-state index contributed by atoms with van der Waals surface area (Å²) >= 11 is 1.31. The lowest BCUT2D eigenvalue weighted by Gasteiger charge is -2.36. The lowest BCUT2D eigenvalue weighted by molar-refractivity contribution is 0.250. The molecule has 0 bridgehead atoms. The number of nitriles is 1. The van der Waals surface area contributed by atoms with Crippen LogP contribution in [-0.4, -0.2) is 48.0 Å². The van der Waals surface area contributed by atoms with E-state index < -0.39 is 11.6 Å². The Balaban J connectivity index is 1.56. The van der Waals surface area contributed by atoms with Gasteiger partial charge in [-0.1, -0.05) is 0 Å². The van der Waals surface area contributed by atoms with E-state index in [-0.39, 0.29) is 17.3 Å². The smallest absolute Gasteiger partial charge is 0.320 e. The van der Waals surface area contributed by atoms with Crippen LogP contribution < -0.4 is 15.5 Å². The lowest BCUT2D eigenvalue weighted by atomic mass is 10.1. The number of hydrogen-bond donors (Lipinski definition) is 2. The van der Waals surface area contributed by atoms with Crippen LogP contribution in [-0.2, 0) is 6.54 Å². The monoisotopic (exact) mass is 406 g/mol. The molecule has 1 aromatic heterocycles. The Hall–Kier alpha value is -2.77. The minimum atomic E-state index is -0.714. The fraction of sp³-hybridized carbons (Fsp3) is 0.389. The Labute approximate surface area is 165 Å². The van der Waals surface area contributed by atoms with Crippen LogP contribution in [0.3, 0.4) is 0 Å². The van der Waals surface area contributed by atoms with E-state index in [0.717, 1.165) is 17.0 Å². The average Bonchev–Trinajstić information content (AvgIpc) is 3.09. The molecule has 1 aliphatic rings. The molecule has 0 aliphatic carbocycles. The molecule has 1 saturated heterocycles. The van der Waals surface area contributed by atoms with Crippen LogP contribution in [0, 0.1) is 23.0 Å². The number of hydrogen-bond acceptors (Lipinski definition) is 6. The second-order valence-electron chi connectivity index (χ2n) is 6.33. The van der Waals surface area contributed by atoms with Crippen molar-refractivity contribution in [2.45, 2.75) is 13.5 Å². The highest BCUT2D eigenvalue weighted by atomic mass is 32.1. The molecule has 3 rings (SSSR count). The Morgan fingerprint density at radius 3 is 2.54 bits per heavy atom. The molecule has 1 aliphatic heterocycles. The largest absolute Gasteiger partial charge is 0.364 e. The number of piperazine rings is 1. The van der Waals surface area contributed by atoms with E-state index in [0.29, 0.717) is 45.1 Å². The van der Waals surface area contributed by atoms with Gasteiger partial charge in [-0.05, 0) is 36.7 Å². The fourth-order valence-corrected chi connectivity index (χ4v) is 3.77. The first-order valence-electron chi connectivity index (χ1n) is 8.87. The average molecular weight is 406 g/mol. The Bertz CT molecular complexity index is 865. The third kappa shape index (κ3) is 4.74. The normalized spacial score (nSPS) is 14.6. The number of benzene rings is 1. The van der Waals surface area contributed by atoms with Crippen molar-refractivity contribution in [3.05, 3.63) is 40.3 Å². The van der Waals surface area contributed by atoms with Gasteiger partial charge in [0.2, 0.25) is 0 Å². The Morgan fingerprint density at radius 2 is 1.93 bits per heavy atom. The first kappa shape index (κ1) is 20.0. The molecule has 28 heavy (non-hydrogen) atoms. The SMILES string of the molecule is CCNC(=O)Nc1cc(CN2CCN(c3c(F)cc(C#N)cc3F)CC2)sn1. The van der Waals surface area contributed by atoms with Crippen LogP contribution >= 0.6 is 11.5 Å². The van der Waals surface area contributed by atoms with Gasteiger partial charge in [0.15, 0.2) is 11.6 Å². The molecule has 10 heteroatoms. The van der Waals surface area contributed by atoms with Crippen LogP contribution in [0.2, 0.25) is 0 Å². The van der Waals surface area contributed by atoms with Gasteiger partial charge in [-0.2, -0.15) is 9.64 Å². The molecule has 2 amide bonds. The molecule has 1 aromatic carbocycles. The molecule has 0 unspecified atom stereocenters. The molecule has 2 aromatic rings. The zero-order valence-corrected chi connectivity index (χ0v) is 16.2. The van der Waals surface area contributed by atoms with Crippen molar-refractivity contribution < 1.29 is 13.6 Å². The van der Waals surface area contributed by atoms with Crippen molar-refractivity contribution in [3.63, 3.8) is 0 Å². The molecule has 0 saturated carbocycles. The van der Waals surface area contributed by atoms with Crippen molar-refractivity contribution in [1.82, 2.24) is 14.6 Å². The van der Waals surface area contributed by atoms with Crippen molar-refractivity contribution in [2.24, 2.45) is 0 Å². The van der Waals surface area contributed by atoms with E-state index in [1.807, 2.05) is 13.0 Å². The number of rotatable bonds is 5. The lowest BCUT2D eigenvalue weighted by Crippen LogP contribution is -2.46. The van der Waals surface area contributed by atoms with Gasteiger partial charge in [-0.25, -0.2) is 13.6 Å². The van der Waals surface area contributed by atoms with Gasteiger partial charge in [-0.3, -0.25) is 10.2 Å². The van der Waals surface area contributed by atoms with Gasteiger partial charge < -0.3 is 10.2 Å². The Kier molecular flexibility index (Phi) is 6.38. The fourth-order valence-electron chi connectivity index (χ4n) is 3.05. The maximum atomic E-state index is 14.2. The van der Waals surface area contributed by atoms with Crippen LogP contribution in [0.5, 0.6) is 0 Å².